The number of rotatable bonds is 4. The van der Waals surface area contributed by atoms with Gasteiger partial charge in [0.25, 0.3) is 0 Å². The molecule has 128 valence electrons. The second kappa shape index (κ2) is 6.53. The first-order valence-corrected chi connectivity index (χ1v) is 8.74. The normalized spacial score (nSPS) is 10.8. The molecule has 0 N–H and O–H groups in total. The molecule has 7 heteroatoms. The number of ether oxygens (including phenoxy) is 1. The van der Waals surface area contributed by atoms with E-state index in [4.69, 9.17) is 4.74 Å². The van der Waals surface area contributed by atoms with Crippen LogP contribution >= 0.6 is 11.3 Å². The number of aryl methyl sites for hydroxylation is 1. The highest BCUT2D eigenvalue weighted by Crippen LogP contribution is 2.40. The topological polar surface area (TPSA) is 78.2 Å². The molecule has 4 rings (SSSR count). The van der Waals surface area contributed by atoms with Crippen LogP contribution in [0.5, 0.6) is 11.6 Å². The second-order valence-electron chi connectivity index (χ2n) is 5.60. The molecule has 0 aliphatic carbocycles. The molecular formula is C19H13N3O3S. The molecule has 4 aromatic rings. The second-order valence-corrected chi connectivity index (χ2v) is 6.46. The Labute approximate surface area is 152 Å². The number of para-hydroxylation sites is 2. The van der Waals surface area contributed by atoms with Crippen molar-refractivity contribution in [1.82, 2.24) is 9.97 Å². The van der Waals surface area contributed by atoms with Crippen LogP contribution in [0, 0.1) is 17.0 Å². The molecule has 2 aromatic carbocycles. The van der Waals surface area contributed by atoms with Gasteiger partial charge in [-0.3, -0.25) is 10.1 Å². The third-order valence-corrected chi connectivity index (χ3v) is 4.74. The van der Waals surface area contributed by atoms with E-state index in [1.54, 1.807) is 25.1 Å². The van der Waals surface area contributed by atoms with Gasteiger partial charge in [-0.25, -0.2) is 4.98 Å². The van der Waals surface area contributed by atoms with Gasteiger partial charge in [0, 0.05) is 17.0 Å². The van der Waals surface area contributed by atoms with Crippen LogP contribution in [0.15, 0.2) is 60.0 Å². The lowest BCUT2D eigenvalue weighted by molar-refractivity contribution is -0.385. The Kier molecular flexibility index (Phi) is 4.06. The van der Waals surface area contributed by atoms with Gasteiger partial charge in [0.05, 0.1) is 10.3 Å². The summed E-state index contributed by atoms with van der Waals surface area (Å²) >= 11 is 1.49. The van der Waals surface area contributed by atoms with Crippen LogP contribution in [0.3, 0.4) is 0 Å². The van der Waals surface area contributed by atoms with Crippen LogP contribution in [0.1, 0.15) is 5.82 Å². The van der Waals surface area contributed by atoms with Gasteiger partial charge in [0.1, 0.15) is 10.7 Å². The molecule has 2 heterocycles. The van der Waals surface area contributed by atoms with Crippen molar-refractivity contribution in [3.8, 4) is 22.8 Å². The maximum atomic E-state index is 11.3. The van der Waals surface area contributed by atoms with Gasteiger partial charge >= 0.3 is 5.69 Å². The molecule has 0 spiro atoms. The average Bonchev–Trinajstić information content (AvgIpc) is 3.06. The summed E-state index contributed by atoms with van der Waals surface area (Å²) in [5.74, 6) is 1.02. The van der Waals surface area contributed by atoms with Crippen molar-refractivity contribution in [1.29, 1.82) is 0 Å². The number of benzene rings is 2. The molecule has 0 bridgehead atoms. The number of thiophene rings is 1. The number of hydrogen-bond donors (Lipinski definition) is 0. The lowest BCUT2D eigenvalue weighted by atomic mass is 10.1. The summed E-state index contributed by atoms with van der Waals surface area (Å²) in [5.41, 5.74) is 1.85. The quantitative estimate of drug-likeness (QED) is 0.360. The molecule has 6 nitrogen and oxygen atoms in total. The average molecular weight is 363 g/mol. The fraction of sp³-hybridized carbons (Fsp3) is 0.0526. The maximum Gasteiger partial charge on any atom is 0.311 e. The van der Waals surface area contributed by atoms with Crippen molar-refractivity contribution in [3.63, 3.8) is 0 Å². The lowest BCUT2D eigenvalue weighted by Gasteiger charge is -2.09. The molecule has 0 amide bonds. The van der Waals surface area contributed by atoms with E-state index < -0.39 is 4.92 Å². The summed E-state index contributed by atoms with van der Waals surface area (Å²) in [4.78, 5) is 20.5. The Hall–Kier alpha value is -3.32. The Balaban J connectivity index is 1.90. The number of fused-ring (bicyclic) bond motifs is 1. The summed E-state index contributed by atoms with van der Waals surface area (Å²) in [7, 11) is 0. The largest absolute Gasteiger partial charge is 0.431 e. The van der Waals surface area contributed by atoms with Gasteiger partial charge in [0.15, 0.2) is 0 Å². The maximum absolute atomic E-state index is 11.3. The minimum Gasteiger partial charge on any atom is -0.431 e. The highest BCUT2D eigenvalue weighted by Gasteiger charge is 2.20. The fourth-order valence-corrected chi connectivity index (χ4v) is 3.70. The number of nitro groups is 1. The van der Waals surface area contributed by atoms with Crippen LogP contribution in [-0.2, 0) is 0 Å². The van der Waals surface area contributed by atoms with Gasteiger partial charge in [-0.15, -0.1) is 11.3 Å². The zero-order valence-corrected chi connectivity index (χ0v) is 14.6. The standard InChI is InChI=1S/C19H13N3O3S/c1-12-20-18(25-16-10-6-5-9-15(16)22(23)24)17-14(11-26-19(17)21-12)13-7-3-2-4-8-13/h2-11H,1H3. The number of nitro benzene ring substituents is 1. The van der Waals surface area contributed by atoms with E-state index in [1.165, 1.54) is 17.4 Å². The summed E-state index contributed by atoms with van der Waals surface area (Å²) in [6.07, 6.45) is 0. The summed E-state index contributed by atoms with van der Waals surface area (Å²) < 4.78 is 5.90. The molecular weight excluding hydrogens is 350 g/mol. The highest BCUT2D eigenvalue weighted by molar-refractivity contribution is 7.17. The Morgan fingerprint density at radius 3 is 2.54 bits per heavy atom. The SMILES string of the molecule is Cc1nc(Oc2ccccc2[N+](=O)[O-])c2c(-c3ccccc3)csc2n1. The number of nitrogens with zero attached hydrogens (tertiary/aromatic N) is 3. The Bertz CT molecular complexity index is 1110. The molecule has 0 radical (unpaired) electrons. The van der Waals surface area contributed by atoms with E-state index >= 15 is 0 Å². The first-order chi connectivity index (χ1) is 12.6. The van der Waals surface area contributed by atoms with E-state index in [9.17, 15) is 10.1 Å². The molecule has 0 aliphatic rings. The van der Waals surface area contributed by atoms with Gasteiger partial charge in [0.2, 0.25) is 11.6 Å². The van der Waals surface area contributed by atoms with Crippen molar-refractivity contribution in [2.45, 2.75) is 6.92 Å². The van der Waals surface area contributed by atoms with E-state index in [0.717, 1.165) is 21.3 Å². The predicted molar refractivity (Wildman–Crippen MR) is 101 cm³/mol. The lowest BCUT2D eigenvalue weighted by Crippen LogP contribution is -1.97. The summed E-state index contributed by atoms with van der Waals surface area (Å²) in [6.45, 7) is 1.77. The van der Waals surface area contributed by atoms with Crippen LogP contribution in [-0.4, -0.2) is 14.9 Å². The van der Waals surface area contributed by atoms with E-state index in [2.05, 4.69) is 9.97 Å². The molecule has 26 heavy (non-hydrogen) atoms. The van der Waals surface area contributed by atoms with Crippen molar-refractivity contribution < 1.29 is 9.66 Å². The monoisotopic (exact) mass is 363 g/mol. The van der Waals surface area contributed by atoms with Crippen molar-refractivity contribution in [2.75, 3.05) is 0 Å². The minimum atomic E-state index is -0.466. The summed E-state index contributed by atoms with van der Waals surface area (Å²) in [6, 6.07) is 16.1. The van der Waals surface area contributed by atoms with Gasteiger partial charge < -0.3 is 4.74 Å². The van der Waals surface area contributed by atoms with Crippen LogP contribution in [0.2, 0.25) is 0 Å². The highest BCUT2D eigenvalue weighted by atomic mass is 32.1. The zero-order chi connectivity index (χ0) is 18.1. The van der Waals surface area contributed by atoms with Crippen molar-refractivity contribution in [2.24, 2.45) is 0 Å². The Morgan fingerprint density at radius 1 is 1.04 bits per heavy atom. The van der Waals surface area contributed by atoms with Crippen LogP contribution < -0.4 is 4.74 Å². The number of aromatic nitrogens is 2. The van der Waals surface area contributed by atoms with Gasteiger partial charge in [-0.05, 0) is 18.6 Å². The molecule has 0 unspecified atom stereocenters. The third-order valence-electron chi connectivity index (χ3n) is 3.87. The first-order valence-electron chi connectivity index (χ1n) is 7.86. The first kappa shape index (κ1) is 16.2. The zero-order valence-electron chi connectivity index (χ0n) is 13.7. The van der Waals surface area contributed by atoms with Crippen LogP contribution in [0.25, 0.3) is 21.3 Å². The Morgan fingerprint density at radius 2 is 1.77 bits per heavy atom. The van der Waals surface area contributed by atoms with Gasteiger partial charge in [-0.1, -0.05) is 42.5 Å². The van der Waals surface area contributed by atoms with Crippen molar-refractivity contribution >= 4 is 27.2 Å². The molecule has 0 aliphatic heterocycles. The number of hydrogen-bond acceptors (Lipinski definition) is 6. The van der Waals surface area contributed by atoms with Crippen molar-refractivity contribution in [3.05, 3.63) is 75.9 Å². The van der Waals surface area contributed by atoms with E-state index in [1.807, 2.05) is 35.7 Å². The van der Waals surface area contributed by atoms with Crippen LogP contribution in [0.4, 0.5) is 5.69 Å². The molecule has 0 fully saturated rings. The molecule has 0 saturated carbocycles. The fourth-order valence-electron chi connectivity index (χ4n) is 2.71. The molecule has 0 atom stereocenters. The van der Waals surface area contributed by atoms with E-state index in [-0.39, 0.29) is 11.4 Å². The molecule has 0 saturated heterocycles. The summed E-state index contributed by atoms with van der Waals surface area (Å²) in [5, 5.41) is 14.0. The van der Waals surface area contributed by atoms with Gasteiger partial charge in [-0.2, -0.15) is 4.98 Å². The smallest absolute Gasteiger partial charge is 0.311 e. The predicted octanol–water partition coefficient (Wildman–Crippen LogP) is 5.37. The minimum absolute atomic E-state index is 0.103. The molecule has 2 aromatic heterocycles. The van der Waals surface area contributed by atoms with E-state index in [0.29, 0.717) is 11.7 Å². The third kappa shape index (κ3) is 2.89.